The molecule has 0 radical (unpaired) electrons. The number of fused-ring (bicyclic) bond motifs is 2. The van der Waals surface area contributed by atoms with Crippen LogP contribution in [0.2, 0.25) is 0 Å². The molecule has 3 heterocycles. The molecule has 0 aliphatic carbocycles. The number of nitro groups is 1. The fourth-order valence-electron chi connectivity index (χ4n) is 5.26. The number of hydrogen-bond donors (Lipinski definition) is 1. The number of non-ortho nitro benzene ring substituents is 1. The van der Waals surface area contributed by atoms with Gasteiger partial charge in [-0.25, -0.2) is 0 Å². The van der Waals surface area contributed by atoms with E-state index < -0.39 is 22.3 Å². The zero-order valence-electron chi connectivity index (χ0n) is 17.3. The molecule has 5 rings (SSSR count). The van der Waals surface area contributed by atoms with Gasteiger partial charge in [-0.2, -0.15) is 0 Å². The summed E-state index contributed by atoms with van der Waals surface area (Å²) in [5.74, 6) is -1.65. The first-order chi connectivity index (χ1) is 15.4. The third-order valence-corrected chi connectivity index (χ3v) is 6.61. The summed E-state index contributed by atoms with van der Waals surface area (Å²) in [5, 5.41) is 14.3. The maximum absolute atomic E-state index is 13.9. The van der Waals surface area contributed by atoms with E-state index in [9.17, 15) is 19.7 Å². The van der Waals surface area contributed by atoms with Gasteiger partial charge in [0.05, 0.1) is 10.8 Å². The SMILES string of the molecule is CN1C[C@@H](c2cccc([N+](=O)[O-])c2)[C@H](C(=O)c2ccncc2)[C@]12C(=O)Nc1ccccc12. The fraction of sp³-hybridized carbons (Fsp3) is 0.208. The molecule has 1 fully saturated rings. The van der Waals surface area contributed by atoms with Crippen LogP contribution in [-0.4, -0.2) is 40.1 Å². The van der Waals surface area contributed by atoms with Crippen molar-refractivity contribution in [2.24, 2.45) is 5.92 Å². The molecule has 2 aromatic carbocycles. The predicted octanol–water partition coefficient (Wildman–Crippen LogP) is 3.37. The number of likely N-dealkylation sites (tertiary alicyclic amines) is 1. The number of carbonyl (C=O) groups excluding carboxylic acids is 2. The molecule has 1 amide bonds. The zero-order valence-corrected chi connectivity index (χ0v) is 17.3. The van der Waals surface area contributed by atoms with E-state index in [-0.39, 0.29) is 17.4 Å². The Hall–Kier alpha value is -3.91. The maximum Gasteiger partial charge on any atom is 0.269 e. The monoisotopic (exact) mass is 428 g/mol. The van der Waals surface area contributed by atoms with Gasteiger partial charge in [-0.05, 0) is 30.8 Å². The van der Waals surface area contributed by atoms with Crippen LogP contribution in [-0.2, 0) is 10.3 Å². The Bertz CT molecular complexity index is 1250. The summed E-state index contributed by atoms with van der Waals surface area (Å²) in [7, 11) is 1.83. The zero-order chi connectivity index (χ0) is 22.5. The molecule has 8 nitrogen and oxygen atoms in total. The summed E-state index contributed by atoms with van der Waals surface area (Å²) in [6, 6.07) is 17.0. The summed E-state index contributed by atoms with van der Waals surface area (Å²) >= 11 is 0. The molecule has 0 bridgehead atoms. The van der Waals surface area contributed by atoms with Crippen LogP contribution in [0.25, 0.3) is 0 Å². The summed E-state index contributed by atoms with van der Waals surface area (Å²) in [6.45, 7) is 0.393. The number of amides is 1. The number of pyridine rings is 1. The minimum absolute atomic E-state index is 0.0440. The molecule has 8 heteroatoms. The van der Waals surface area contributed by atoms with Crippen LogP contribution in [0.5, 0.6) is 0 Å². The average Bonchev–Trinajstić information content (AvgIpc) is 3.29. The van der Waals surface area contributed by atoms with Crippen molar-refractivity contribution in [2.45, 2.75) is 11.5 Å². The van der Waals surface area contributed by atoms with Gasteiger partial charge in [0, 0.05) is 53.8 Å². The maximum atomic E-state index is 13.9. The smallest absolute Gasteiger partial charge is 0.269 e. The molecule has 32 heavy (non-hydrogen) atoms. The molecule has 1 aromatic heterocycles. The molecule has 2 aliphatic rings. The number of hydrogen-bond acceptors (Lipinski definition) is 6. The van der Waals surface area contributed by atoms with E-state index in [1.807, 2.05) is 36.2 Å². The van der Waals surface area contributed by atoms with E-state index >= 15 is 0 Å². The summed E-state index contributed by atoms with van der Waals surface area (Å²) in [4.78, 5) is 44.3. The minimum atomic E-state index is -1.22. The lowest BCUT2D eigenvalue weighted by atomic mass is 9.70. The average molecular weight is 428 g/mol. The van der Waals surface area contributed by atoms with Gasteiger partial charge in [0.2, 0.25) is 5.91 Å². The van der Waals surface area contributed by atoms with Crippen LogP contribution in [0.4, 0.5) is 11.4 Å². The van der Waals surface area contributed by atoms with Crippen LogP contribution in [0.1, 0.15) is 27.4 Å². The number of para-hydroxylation sites is 1. The van der Waals surface area contributed by atoms with Crippen molar-refractivity contribution in [2.75, 3.05) is 18.9 Å². The van der Waals surface area contributed by atoms with E-state index in [0.29, 0.717) is 23.4 Å². The van der Waals surface area contributed by atoms with Crippen molar-refractivity contribution in [3.05, 3.63) is 99.9 Å². The Morgan fingerprint density at radius 3 is 2.66 bits per heavy atom. The van der Waals surface area contributed by atoms with E-state index in [0.717, 1.165) is 5.56 Å². The third kappa shape index (κ3) is 2.76. The van der Waals surface area contributed by atoms with Gasteiger partial charge in [0.25, 0.3) is 5.69 Å². The molecular weight excluding hydrogens is 408 g/mol. The molecule has 1 spiro atoms. The van der Waals surface area contributed by atoms with Crippen LogP contribution in [0, 0.1) is 16.0 Å². The lowest BCUT2D eigenvalue weighted by Gasteiger charge is -2.35. The molecule has 160 valence electrons. The summed E-state index contributed by atoms with van der Waals surface area (Å²) < 4.78 is 0. The number of nitro benzene ring substituents is 1. The second-order valence-corrected chi connectivity index (χ2v) is 8.18. The molecule has 1 N–H and O–H groups in total. The number of anilines is 1. The summed E-state index contributed by atoms with van der Waals surface area (Å²) in [6.07, 6.45) is 3.09. The standard InChI is InChI=1S/C24H20N4O4/c1-27-14-18(16-5-4-6-17(13-16)28(31)32)21(22(29)15-9-11-25-12-10-15)24(27)19-7-2-3-8-20(19)26-23(24)30/h2-13,18,21H,14H2,1H3,(H,26,30)/t18-,21+,24+/m0/s1. The van der Waals surface area contributed by atoms with Crippen molar-refractivity contribution in [1.29, 1.82) is 0 Å². The number of aromatic nitrogens is 1. The largest absolute Gasteiger partial charge is 0.324 e. The van der Waals surface area contributed by atoms with Crippen molar-refractivity contribution < 1.29 is 14.5 Å². The first kappa shape index (κ1) is 20.0. The second kappa shape index (κ2) is 7.35. The van der Waals surface area contributed by atoms with Crippen LogP contribution < -0.4 is 5.32 Å². The normalized spacial score (nSPS) is 24.3. The molecule has 3 aromatic rings. The highest BCUT2D eigenvalue weighted by molar-refractivity contribution is 6.12. The van der Waals surface area contributed by atoms with Crippen molar-refractivity contribution in [3.8, 4) is 0 Å². The summed E-state index contributed by atoms with van der Waals surface area (Å²) in [5.41, 5.74) is 1.27. The minimum Gasteiger partial charge on any atom is -0.324 e. The molecule has 0 saturated carbocycles. The molecule has 3 atom stereocenters. The van der Waals surface area contributed by atoms with Gasteiger partial charge in [0.1, 0.15) is 5.54 Å². The van der Waals surface area contributed by atoms with Crippen LogP contribution >= 0.6 is 0 Å². The Morgan fingerprint density at radius 1 is 1.16 bits per heavy atom. The lowest BCUT2D eigenvalue weighted by molar-refractivity contribution is -0.384. The van der Waals surface area contributed by atoms with Crippen molar-refractivity contribution in [3.63, 3.8) is 0 Å². The van der Waals surface area contributed by atoms with Gasteiger partial charge >= 0.3 is 0 Å². The predicted molar refractivity (Wildman–Crippen MR) is 117 cm³/mol. The van der Waals surface area contributed by atoms with Gasteiger partial charge in [-0.1, -0.05) is 30.3 Å². The number of rotatable bonds is 4. The first-order valence-electron chi connectivity index (χ1n) is 10.3. The van der Waals surface area contributed by atoms with E-state index in [4.69, 9.17) is 0 Å². The van der Waals surface area contributed by atoms with Gasteiger partial charge in [-0.15, -0.1) is 0 Å². The fourth-order valence-corrected chi connectivity index (χ4v) is 5.26. The second-order valence-electron chi connectivity index (χ2n) is 8.18. The van der Waals surface area contributed by atoms with Gasteiger partial charge in [-0.3, -0.25) is 29.6 Å². The van der Waals surface area contributed by atoms with Gasteiger partial charge < -0.3 is 5.32 Å². The topological polar surface area (TPSA) is 105 Å². The Kier molecular flexibility index (Phi) is 4.60. The van der Waals surface area contributed by atoms with E-state index in [2.05, 4.69) is 10.3 Å². The van der Waals surface area contributed by atoms with Crippen molar-refractivity contribution in [1.82, 2.24) is 9.88 Å². The van der Waals surface area contributed by atoms with Crippen LogP contribution in [0.3, 0.4) is 0 Å². The third-order valence-electron chi connectivity index (χ3n) is 6.61. The number of carbonyl (C=O) groups is 2. The van der Waals surface area contributed by atoms with E-state index in [1.54, 1.807) is 36.7 Å². The number of nitrogens with zero attached hydrogens (tertiary/aromatic N) is 3. The van der Waals surface area contributed by atoms with E-state index in [1.165, 1.54) is 12.1 Å². The van der Waals surface area contributed by atoms with Crippen LogP contribution in [0.15, 0.2) is 73.1 Å². The molecule has 1 saturated heterocycles. The highest BCUT2D eigenvalue weighted by Crippen LogP contribution is 2.55. The number of likely N-dealkylation sites (N-methyl/N-ethyl adjacent to an activating group) is 1. The van der Waals surface area contributed by atoms with Crippen molar-refractivity contribution >= 4 is 23.1 Å². The Morgan fingerprint density at radius 2 is 1.91 bits per heavy atom. The molecule has 2 aliphatic heterocycles. The first-order valence-corrected chi connectivity index (χ1v) is 10.3. The number of Topliss-reactive ketones (excluding diaryl/α,β-unsaturated/α-hetero) is 1. The highest BCUT2D eigenvalue weighted by Gasteiger charge is 2.64. The lowest BCUT2D eigenvalue weighted by Crippen LogP contribution is -2.51. The molecular formula is C24H20N4O4. The number of ketones is 1. The van der Waals surface area contributed by atoms with Gasteiger partial charge in [0.15, 0.2) is 5.78 Å². The number of nitrogens with one attached hydrogen (secondary N) is 1. The number of benzene rings is 2. The molecule has 0 unspecified atom stereocenters. The Labute approximate surface area is 184 Å². The Balaban J connectivity index is 1.73. The quantitative estimate of drug-likeness (QED) is 0.388. The highest BCUT2D eigenvalue weighted by atomic mass is 16.6.